The Morgan fingerprint density at radius 3 is 1.59 bits per heavy atom. The number of amides is 2. The van der Waals surface area contributed by atoms with Crippen LogP contribution < -0.4 is 136 Å². The van der Waals surface area contributed by atoms with Gasteiger partial charge in [0.15, 0.2) is 0 Å². The molecule has 2 amide bonds. The van der Waals surface area contributed by atoms with Gasteiger partial charge in [0.2, 0.25) is 0 Å². The number of aliphatic carboxylic acids is 2. The first-order valence-corrected chi connectivity index (χ1v) is 9.16. The number of urea groups is 1. The Kier molecular flexibility index (Phi) is 73.5. The van der Waals surface area contributed by atoms with Gasteiger partial charge in [-0.2, -0.15) is 33.1 Å². The second-order valence-electron chi connectivity index (χ2n) is 3.95. The van der Waals surface area contributed by atoms with Crippen LogP contribution in [0.2, 0.25) is 0 Å². The van der Waals surface area contributed by atoms with Gasteiger partial charge in [0.25, 0.3) is 0 Å². The maximum absolute atomic E-state index is 10.4. The summed E-state index contributed by atoms with van der Waals surface area (Å²) in [5, 5.41) is 22.4. The normalized spacial score (nSPS) is 9.34. The van der Waals surface area contributed by atoms with E-state index in [2.05, 4.69) is 5.32 Å². The first kappa shape index (κ1) is 52.8. The molecule has 0 saturated heterocycles. The third-order valence-corrected chi connectivity index (χ3v) is 3.44. The minimum atomic E-state index is -1.30. The molecule has 0 aliphatic heterocycles. The van der Waals surface area contributed by atoms with Crippen molar-refractivity contribution < 1.29 is 161 Å². The molecule has 0 fully saturated rings. The zero-order valence-electron chi connectivity index (χ0n) is 17.0. The maximum atomic E-state index is 10.4. The van der Waals surface area contributed by atoms with Crippen LogP contribution in [-0.4, -0.2) is 65.7 Å². The summed E-state index contributed by atoms with van der Waals surface area (Å²) < 4.78 is 0. The van der Waals surface area contributed by atoms with Gasteiger partial charge in [-0.15, -0.1) is 0 Å². The zero-order chi connectivity index (χ0) is 19.5. The number of nitrogens with two attached hydrogens (primary N) is 2. The largest absolute Gasteiger partial charge is 1.00 e. The van der Waals surface area contributed by atoms with Crippen molar-refractivity contribution in [2.75, 3.05) is 24.0 Å². The van der Waals surface area contributed by atoms with E-state index >= 15 is 0 Å². The molecule has 29 heavy (non-hydrogen) atoms. The molecule has 17 heteroatoms. The monoisotopic (exact) mass is 547 g/mol. The predicted molar refractivity (Wildman–Crippen MR) is 94.1 cm³/mol. The molecule has 10 N–H and O–H groups in total. The number of thioether (sulfide) groups is 2. The van der Waals surface area contributed by atoms with E-state index in [9.17, 15) is 24.6 Å². The van der Waals surface area contributed by atoms with Crippen LogP contribution in [0.25, 0.3) is 0 Å². The van der Waals surface area contributed by atoms with Crippen molar-refractivity contribution in [3.05, 3.63) is 0 Å². The molecule has 2 unspecified atom stereocenters. The first-order chi connectivity index (χ1) is 11.2. The second kappa shape index (κ2) is 40.4. The summed E-state index contributed by atoms with van der Waals surface area (Å²) in [7, 11) is 0. The van der Waals surface area contributed by atoms with Crippen LogP contribution in [0.5, 0.6) is 0 Å². The fourth-order valence-corrected chi connectivity index (χ4v) is 1.98. The summed E-state index contributed by atoms with van der Waals surface area (Å²) in [5.41, 5.74) is 9.88. The first-order valence-electron chi connectivity index (χ1n) is 6.38. The molecule has 0 aliphatic rings. The fourth-order valence-electron chi connectivity index (χ4n) is 1.02. The van der Waals surface area contributed by atoms with E-state index in [1.807, 2.05) is 12.5 Å². The molecule has 0 aromatic heterocycles. The van der Waals surface area contributed by atoms with Crippen molar-refractivity contribution in [2.45, 2.75) is 24.9 Å². The Hall–Kier alpha value is 2.03. The standard InChI is InChI=1S/C6H12N2O3S.C5H11NO2S.CO2.2K.H3N.H2O.V/c1-12-3-2-4(5(9)10)8-6(7)11;1-9-3-2-4(6)5(7)8;2-1-3;;;;;/h4H,2-3H2,1H3,(H,9,10)(H3,7,8,11);4H,2-3,6H2,1H3,(H,7,8);;;;1H3;1H2;/q;;;2*+1;;;/p-2. The van der Waals surface area contributed by atoms with Crippen molar-refractivity contribution in [2.24, 2.45) is 11.5 Å². The third-order valence-electron chi connectivity index (χ3n) is 2.15. The molecule has 0 heterocycles. The van der Waals surface area contributed by atoms with Crippen LogP contribution in [0.1, 0.15) is 12.8 Å². The molecule has 12 nitrogen and oxygen atoms in total. The topological polar surface area (TPSA) is 262 Å². The number of carboxylic acids is 2. The Balaban J connectivity index is -0.0000000393. The smallest absolute Gasteiger partial charge is 0.548 e. The van der Waals surface area contributed by atoms with E-state index in [0.29, 0.717) is 18.6 Å². The van der Waals surface area contributed by atoms with Gasteiger partial charge in [-0.25, -0.2) is 4.79 Å². The summed E-state index contributed by atoms with van der Waals surface area (Å²) in [4.78, 5) is 46.9. The quantitative estimate of drug-likeness (QED) is 0.197. The molecule has 0 aliphatic carbocycles. The van der Waals surface area contributed by atoms with Gasteiger partial charge in [0, 0.05) is 24.6 Å². The summed E-state index contributed by atoms with van der Waals surface area (Å²) >= 11 is 3.07. The van der Waals surface area contributed by atoms with Crippen molar-refractivity contribution in [1.82, 2.24) is 11.5 Å². The number of hydrogen-bond donors (Lipinski definition) is 4. The average Bonchev–Trinajstić information content (AvgIpc) is 2.49. The van der Waals surface area contributed by atoms with E-state index in [4.69, 9.17) is 21.1 Å². The number of hydrogen-bond acceptors (Lipinski definition) is 11. The summed E-state index contributed by atoms with van der Waals surface area (Å²) in [6.07, 6.45) is 4.81. The Labute approximate surface area is 275 Å². The molecule has 0 saturated carbocycles. The minimum absolute atomic E-state index is 0. The maximum Gasteiger partial charge on any atom is 1.00 e. The van der Waals surface area contributed by atoms with Gasteiger partial charge in [0.1, 0.15) is 0 Å². The Bertz CT molecular complexity index is 425. The van der Waals surface area contributed by atoms with Crippen molar-refractivity contribution >= 4 is 47.6 Å². The summed E-state index contributed by atoms with van der Waals surface area (Å²) in [6.45, 7) is 0. The SMILES string of the molecule is CSCCC(N)C(=O)[O-].CSCCC(NC(N)=O)C(=O)[O-].N.O.O=C=O.[K+].[K+].[V]. The molecule has 1 radical (unpaired) electrons. The minimum Gasteiger partial charge on any atom is -0.548 e. The molecule has 0 spiro atoms. The average molecular weight is 548 g/mol. The number of carbonyl (C=O) groups excluding carboxylic acids is 5. The van der Waals surface area contributed by atoms with Crippen LogP contribution in [-0.2, 0) is 37.7 Å². The number of carbonyl (C=O) groups is 3. The number of primary amides is 1. The van der Waals surface area contributed by atoms with Crippen LogP contribution in [0.3, 0.4) is 0 Å². The predicted octanol–water partition coefficient (Wildman–Crippen LogP) is -9.90. The van der Waals surface area contributed by atoms with Gasteiger partial charge in [-0.1, -0.05) is 0 Å². The Morgan fingerprint density at radius 2 is 1.34 bits per heavy atom. The van der Waals surface area contributed by atoms with Crippen molar-refractivity contribution in [3.8, 4) is 0 Å². The molecule has 0 aromatic rings. The fraction of sp³-hybridized carbons (Fsp3) is 0.667. The summed E-state index contributed by atoms with van der Waals surface area (Å²) in [6, 6.07) is -2.61. The van der Waals surface area contributed by atoms with Gasteiger partial charge < -0.3 is 48.2 Å². The van der Waals surface area contributed by atoms with Gasteiger partial charge in [0.05, 0.1) is 18.0 Å². The van der Waals surface area contributed by atoms with Crippen LogP contribution in [0.4, 0.5) is 4.79 Å². The zero-order valence-corrected chi connectivity index (χ0v) is 26.2. The molecule has 0 aromatic carbocycles. The van der Waals surface area contributed by atoms with Crippen LogP contribution in [0, 0.1) is 0 Å². The van der Waals surface area contributed by atoms with Crippen molar-refractivity contribution in [3.63, 3.8) is 0 Å². The van der Waals surface area contributed by atoms with E-state index < -0.39 is 30.1 Å². The molecule has 161 valence electrons. The molecular weight excluding hydrogens is 521 g/mol. The number of carboxylic acid groups (broad SMARTS) is 2. The van der Waals surface area contributed by atoms with Gasteiger partial charge >= 0.3 is 115 Å². The van der Waals surface area contributed by atoms with Crippen LogP contribution in [0.15, 0.2) is 0 Å². The van der Waals surface area contributed by atoms with Crippen molar-refractivity contribution in [1.29, 1.82) is 0 Å². The summed E-state index contributed by atoms with van der Waals surface area (Å²) in [5.74, 6) is -1.06. The van der Waals surface area contributed by atoms with E-state index in [1.165, 1.54) is 11.8 Å². The molecule has 0 bridgehead atoms. The van der Waals surface area contributed by atoms with E-state index in [-0.39, 0.29) is 139 Å². The number of nitrogens with one attached hydrogen (secondary N) is 1. The van der Waals surface area contributed by atoms with Gasteiger partial charge in [-0.3, -0.25) is 0 Å². The van der Waals surface area contributed by atoms with E-state index in [1.54, 1.807) is 11.8 Å². The number of rotatable bonds is 9. The second-order valence-corrected chi connectivity index (χ2v) is 5.92. The van der Waals surface area contributed by atoms with Gasteiger partial charge in [-0.05, 0) is 36.9 Å². The Morgan fingerprint density at radius 1 is 1.00 bits per heavy atom. The molecule has 0 rings (SSSR count). The molecule has 2 atom stereocenters. The third kappa shape index (κ3) is 48.6. The molecular formula is C12H26K2N4O8S2V. The van der Waals surface area contributed by atoms with Crippen LogP contribution >= 0.6 is 23.5 Å². The van der Waals surface area contributed by atoms with E-state index in [0.717, 1.165) is 5.75 Å².